The molecule has 0 radical (unpaired) electrons. The van der Waals surface area contributed by atoms with Gasteiger partial charge in [-0.15, -0.1) is 6.58 Å². The summed E-state index contributed by atoms with van der Waals surface area (Å²) in [5.74, 6) is -1.14. The number of nitrogens with one attached hydrogen (secondary N) is 1. The van der Waals surface area contributed by atoms with Crippen molar-refractivity contribution in [2.24, 2.45) is 0 Å². The second-order valence-corrected chi connectivity index (χ2v) is 4.23. The second-order valence-electron chi connectivity index (χ2n) is 3.79. The molecular weight excluding hydrogens is 282 g/mol. The first-order valence-electron chi connectivity index (χ1n) is 5.56. The molecule has 0 saturated carbocycles. The summed E-state index contributed by atoms with van der Waals surface area (Å²) in [5, 5.41) is 20.5. The minimum absolute atomic E-state index is 0.0700. The van der Waals surface area contributed by atoms with E-state index in [2.05, 4.69) is 11.9 Å². The second kappa shape index (κ2) is 7.16. The van der Waals surface area contributed by atoms with Gasteiger partial charge in [0.15, 0.2) is 0 Å². The van der Waals surface area contributed by atoms with Crippen LogP contribution < -0.4 is 5.32 Å². The summed E-state index contributed by atoms with van der Waals surface area (Å²) in [6.45, 7) is 3.06. The predicted molar refractivity (Wildman–Crippen MR) is 74.6 cm³/mol. The Hall–Kier alpha value is -2.52. The number of aliphatic carboxylic acids is 1. The lowest BCUT2D eigenvalue weighted by atomic mass is 10.2. The van der Waals surface area contributed by atoms with Crippen molar-refractivity contribution in [3.63, 3.8) is 0 Å². The lowest BCUT2D eigenvalue weighted by Crippen LogP contribution is -2.38. The number of halogens is 1. The molecule has 0 aliphatic heterocycles. The summed E-state index contributed by atoms with van der Waals surface area (Å²) >= 11 is 5.80. The molecule has 0 aliphatic carbocycles. The van der Waals surface area contributed by atoms with Gasteiger partial charge in [0.25, 0.3) is 0 Å². The lowest BCUT2D eigenvalue weighted by molar-refractivity contribution is -0.137. The number of benzene rings is 1. The van der Waals surface area contributed by atoms with Gasteiger partial charge >= 0.3 is 12.0 Å². The molecule has 0 aliphatic rings. The molecule has 20 heavy (non-hydrogen) atoms. The van der Waals surface area contributed by atoms with Gasteiger partial charge in [-0.05, 0) is 18.2 Å². The maximum atomic E-state index is 12.0. The largest absolute Gasteiger partial charge is 0.480 e. The highest BCUT2D eigenvalue weighted by Crippen LogP contribution is 2.20. The van der Waals surface area contributed by atoms with Crippen molar-refractivity contribution in [2.45, 2.75) is 0 Å². The van der Waals surface area contributed by atoms with Crippen LogP contribution in [0.25, 0.3) is 0 Å². The first-order chi connectivity index (χ1) is 9.47. The summed E-state index contributed by atoms with van der Waals surface area (Å²) in [7, 11) is 0. The summed E-state index contributed by atoms with van der Waals surface area (Å²) in [6, 6.07) is 5.67. The number of anilines is 1. The van der Waals surface area contributed by atoms with Crippen LogP contribution in [0.2, 0.25) is 5.02 Å². The number of hydrogen-bond acceptors (Lipinski definition) is 3. The van der Waals surface area contributed by atoms with Gasteiger partial charge in [-0.25, -0.2) is 4.79 Å². The number of carbonyl (C=O) groups is 2. The minimum atomic E-state index is -1.14. The Bertz CT molecular complexity index is 581. The molecule has 1 rings (SSSR count). The molecule has 0 fully saturated rings. The molecule has 7 heteroatoms. The van der Waals surface area contributed by atoms with Crippen molar-refractivity contribution in [1.82, 2.24) is 4.90 Å². The number of carbonyl (C=O) groups excluding carboxylic acids is 1. The van der Waals surface area contributed by atoms with E-state index in [4.69, 9.17) is 22.0 Å². The molecule has 2 amide bonds. The van der Waals surface area contributed by atoms with Crippen molar-refractivity contribution >= 4 is 29.3 Å². The Morgan fingerprint density at radius 2 is 2.25 bits per heavy atom. The fourth-order valence-corrected chi connectivity index (χ4v) is 1.62. The van der Waals surface area contributed by atoms with Crippen LogP contribution in [-0.4, -0.2) is 35.1 Å². The molecule has 1 aromatic rings. The number of nitrogens with zero attached hydrogens (tertiary/aromatic N) is 2. The van der Waals surface area contributed by atoms with Gasteiger partial charge in [0.05, 0.1) is 11.3 Å². The average Bonchev–Trinajstić information content (AvgIpc) is 2.38. The van der Waals surface area contributed by atoms with E-state index in [1.807, 2.05) is 6.07 Å². The smallest absolute Gasteiger partial charge is 0.323 e. The van der Waals surface area contributed by atoms with Gasteiger partial charge in [-0.2, -0.15) is 5.26 Å². The van der Waals surface area contributed by atoms with Crippen LogP contribution in [0.5, 0.6) is 0 Å². The Balaban J connectivity index is 2.93. The molecule has 0 saturated heterocycles. The molecule has 0 atom stereocenters. The third-order valence-corrected chi connectivity index (χ3v) is 2.54. The van der Waals surface area contributed by atoms with Gasteiger partial charge in [0.2, 0.25) is 0 Å². The normalized spacial score (nSPS) is 9.40. The van der Waals surface area contributed by atoms with Gasteiger partial charge in [-0.3, -0.25) is 4.79 Å². The first kappa shape index (κ1) is 15.5. The molecule has 0 heterocycles. The zero-order valence-electron chi connectivity index (χ0n) is 10.5. The fourth-order valence-electron chi connectivity index (χ4n) is 1.45. The Morgan fingerprint density at radius 1 is 1.55 bits per heavy atom. The van der Waals surface area contributed by atoms with Crippen LogP contribution in [0.4, 0.5) is 10.5 Å². The number of urea groups is 1. The molecule has 0 aromatic heterocycles. The summed E-state index contributed by atoms with van der Waals surface area (Å²) in [5.41, 5.74) is 0.459. The van der Waals surface area contributed by atoms with Crippen molar-refractivity contribution in [2.75, 3.05) is 18.4 Å². The van der Waals surface area contributed by atoms with Crippen LogP contribution >= 0.6 is 11.6 Å². The minimum Gasteiger partial charge on any atom is -0.480 e. The average molecular weight is 294 g/mol. The van der Waals surface area contributed by atoms with Crippen LogP contribution in [0.15, 0.2) is 30.9 Å². The molecule has 2 N–H and O–H groups in total. The zero-order valence-corrected chi connectivity index (χ0v) is 11.2. The molecule has 0 unspecified atom stereocenters. The van der Waals surface area contributed by atoms with E-state index in [0.717, 1.165) is 4.90 Å². The highest BCUT2D eigenvalue weighted by atomic mass is 35.5. The number of rotatable bonds is 5. The van der Waals surface area contributed by atoms with Crippen molar-refractivity contribution < 1.29 is 14.7 Å². The van der Waals surface area contributed by atoms with Crippen LogP contribution in [-0.2, 0) is 4.79 Å². The molecule has 0 bridgehead atoms. The first-order valence-corrected chi connectivity index (χ1v) is 5.94. The fraction of sp³-hybridized carbons (Fsp3) is 0.154. The Kier molecular flexibility index (Phi) is 5.56. The third-order valence-electron chi connectivity index (χ3n) is 2.31. The van der Waals surface area contributed by atoms with Crippen molar-refractivity contribution in [3.05, 3.63) is 41.4 Å². The maximum Gasteiger partial charge on any atom is 0.323 e. The Morgan fingerprint density at radius 3 is 2.80 bits per heavy atom. The number of carboxylic acids is 1. The Labute approximate surface area is 120 Å². The maximum absolute atomic E-state index is 12.0. The molecule has 1 aromatic carbocycles. The van der Waals surface area contributed by atoms with Crippen molar-refractivity contribution in [3.8, 4) is 6.07 Å². The highest BCUT2D eigenvalue weighted by molar-refractivity contribution is 6.31. The summed E-state index contributed by atoms with van der Waals surface area (Å²) in [6.07, 6.45) is 1.41. The van der Waals surface area contributed by atoms with Crippen LogP contribution in [0, 0.1) is 11.3 Å². The van der Waals surface area contributed by atoms with E-state index in [0.29, 0.717) is 5.02 Å². The molecule has 6 nitrogen and oxygen atoms in total. The lowest BCUT2D eigenvalue weighted by Gasteiger charge is -2.19. The van der Waals surface area contributed by atoms with E-state index < -0.39 is 18.5 Å². The quantitative estimate of drug-likeness (QED) is 0.815. The van der Waals surface area contributed by atoms with Crippen LogP contribution in [0.1, 0.15) is 5.56 Å². The SMILES string of the molecule is C=CCN(CC(=O)O)C(=O)Nc1cc(Cl)ccc1C#N. The van der Waals surface area contributed by atoms with Gasteiger partial charge < -0.3 is 15.3 Å². The monoisotopic (exact) mass is 293 g/mol. The molecular formula is C13H12ClN3O3. The number of hydrogen-bond donors (Lipinski definition) is 2. The number of amides is 2. The topological polar surface area (TPSA) is 93.4 Å². The summed E-state index contributed by atoms with van der Waals surface area (Å²) < 4.78 is 0. The predicted octanol–water partition coefficient (Wildman–Crippen LogP) is 2.32. The van der Waals surface area contributed by atoms with Gasteiger partial charge in [0, 0.05) is 11.6 Å². The van der Waals surface area contributed by atoms with E-state index in [-0.39, 0.29) is 17.8 Å². The third kappa shape index (κ3) is 4.30. The van der Waals surface area contributed by atoms with Crippen LogP contribution in [0.3, 0.4) is 0 Å². The summed E-state index contributed by atoms with van der Waals surface area (Å²) in [4.78, 5) is 23.7. The number of nitriles is 1. The van der Waals surface area contributed by atoms with E-state index in [1.165, 1.54) is 24.3 Å². The van der Waals surface area contributed by atoms with E-state index in [1.54, 1.807) is 0 Å². The highest BCUT2D eigenvalue weighted by Gasteiger charge is 2.16. The standard InChI is InChI=1S/C13H12ClN3O3/c1-2-5-17(8-12(18)19)13(20)16-11-6-10(14)4-3-9(11)7-15/h2-4,6H,1,5,8H2,(H,16,20)(H,18,19). The van der Waals surface area contributed by atoms with E-state index in [9.17, 15) is 9.59 Å². The zero-order chi connectivity index (χ0) is 15.1. The van der Waals surface area contributed by atoms with E-state index >= 15 is 0 Å². The number of carboxylic acid groups (broad SMARTS) is 1. The molecule has 0 spiro atoms. The van der Waals surface area contributed by atoms with Gasteiger partial charge in [-0.1, -0.05) is 17.7 Å². The van der Waals surface area contributed by atoms with Crippen molar-refractivity contribution in [1.29, 1.82) is 5.26 Å². The molecule has 104 valence electrons. The van der Waals surface area contributed by atoms with Gasteiger partial charge in [0.1, 0.15) is 12.6 Å².